The van der Waals surface area contributed by atoms with Crippen LogP contribution in [0.1, 0.15) is 5.69 Å². The molecule has 0 saturated heterocycles. The fourth-order valence-electron chi connectivity index (χ4n) is 1.74. The van der Waals surface area contributed by atoms with Gasteiger partial charge in [0.1, 0.15) is 16.5 Å². The Morgan fingerprint density at radius 3 is 2.71 bits per heavy atom. The second kappa shape index (κ2) is 6.37. The molecular weight excluding hydrogens is 282 g/mol. The van der Waals surface area contributed by atoms with Crippen LogP contribution in [0.25, 0.3) is 0 Å². The minimum absolute atomic E-state index is 0.687. The highest BCUT2D eigenvalue weighted by Gasteiger charge is 2.04. The summed E-state index contributed by atoms with van der Waals surface area (Å²) in [5.74, 6) is 1.42. The normalized spacial score (nSPS) is 10.3. The maximum Gasteiger partial charge on any atom is 0.148 e. The number of nitrogens with zero attached hydrogens (tertiary/aromatic N) is 3. The van der Waals surface area contributed by atoms with Crippen molar-refractivity contribution in [3.63, 3.8) is 0 Å². The SMILES string of the molecule is Cc1ncccc1Oc1cncc(Sc2ccccn2)c1. The summed E-state index contributed by atoms with van der Waals surface area (Å²) in [5.41, 5.74) is 0.847. The summed E-state index contributed by atoms with van der Waals surface area (Å²) in [4.78, 5) is 13.7. The van der Waals surface area contributed by atoms with Gasteiger partial charge in [0.05, 0.1) is 11.9 Å². The van der Waals surface area contributed by atoms with Crippen LogP contribution in [0.5, 0.6) is 11.5 Å². The minimum atomic E-state index is 0.687. The predicted molar refractivity (Wildman–Crippen MR) is 81.6 cm³/mol. The Morgan fingerprint density at radius 1 is 1.00 bits per heavy atom. The first-order valence-corrected chi connectivity index (χ1v) is 7.26. The molecular formula is C16H13N3OS. The molecule has 0 amide bonds. The second-order valence-electron chi connectivity index (χ2n) is 4.32. The van der Waals surface area contributed by atoms with Crippen molar-refractivity contribution >= 4 is 11.8 Å². The average Bonchev–Trinajstić information content (AvgIpc) is 2.51. The Hall–Kier alpha value is -2.40. The van der Waals surface area contributed by atoms with Gasteiger partial charge in [0.2, 0.25) is 0 Å². The number of aryl methyl sites for hydroxylation is 1. The number of aromatic nitrogens is 3. The smallest absolute Gasteiger partial charge is 0.148 e. The van der Waals surface area contributed by atoms with E-state index in [1.807, 2.05) is 43.3 Å². The predicted octanol–water partition coefficient (Wildman–Crippen LogP) is 4.12. The van der Waals surface area contributed by atoms with Gasteiger partial charge >= 0.3 is 0 Å². The molecule has 3 aromatic rings. The van der Waals surface area contributed by atoms with Crippen LogP contribution in [0.2, 0.25) is 0 Å². The molecule has 0 aliphatic heterocycles. The van der Waals surface area contributed by atoms with Crippen LogP contribution in [0.15, 0.2) is 71.1 Å². The highest BCUT2D eigenvalue weighted by molar-refractivity contribution is 7.99. The van der Waals surface area contributed by atoms with Gasteiger partial charge in [-0.25, -0.2) is 4.98 Å². The van der Waals surface area contributed by atoms with Crippen molar-refractivity contribution in [2.24, 2.45) is 0 Å². The van der Waals surface area contributed by atoms with Gasteiger partial charge < -0.3 is 4.74 Å². The summed E-state index contributed by atoms with van der Waals surface area (Å²) in [6.07, 6.45) is 7.00. The lowest BCUT2D eigenvalue weighted by Gasteiger charge is -2.08. The number of ether oxygens (including phenoxy) is 1. The second-order valence-corrected chi connectivity index (χ2v) is 5.41. The van der Waals surface area contributed by atoms with Gasteiger partial charge in [0.15, 0.2) is 0 Å². The highest BCUT2D eigenvalue weighted by Crippen LogP contribution is 2.30. The summed E-state index contributed by atoms with van der Waals surface area (Å²) < 4.78 is 5.83. The number of pyridine rings is 3. The first-order valence-electron chi connectivity index (χ1n) is 6.45. The monoisotopic (exact) mass is 295 g/mol. The summed E-state index contributed by atoms with van der Waals surface area (Å²) in [6.45, 7) is 1.91. The Morgan fingerprint density at radius 2 is 1.90 bits per heavy atom. The Kier molecular flexibility index (Phi) is 4.12. The van der Waals surface area contributed by atoms with Gasteiger partial charge in [-0.1, -0.05) is 17.8 Å². The largest absolute Gasteiger partial charge is 0.454 e. The zero-order chi connectivity index (χ0) is 14.5. The van der Waals surface area contributed by atoms with Crippen LogP contribution in [0.3, 0.4) is 0 Å². The first-order chi connectivity index (χ1) is 10.3. The molecule has 0 fully saturated rings. The molecule has 0 N–H and O–H groups in total. The zero-order valence-electron chi connectivity index (χ0n) is 11.4. The maximum atomic E-state index is 5.83. The topological polar surface area (TPSA) is 47.9 Å². The van der Waals surface area contributed by atoms with Crippen molar-refractivity contribution in [3.8, 4) is 11.5 Å². The third-order valence-electron chi connectivity index (χ3n) is 2.73. The van der Waals surface area contributed by atoms with E-state index in [2.05, 4.69) is 15.0 Å². The molecule has 0 radical (unpaired) electrons. The molecule has 3 rings (SSSR count). The van der Waals surface area contributed by atoms with Crippen LogP contribution >= 0.6 is 11.8 Å². The van der Waals surface area contributed by atoms with E-state index in [4.69, 9.17) is 4.74 Å². The fraction of sp³-hybridized carbons (Fsp3) is 0.0625. The van der Waals surface area contributed by atoms with E-state index in [9.17, 15) is 0 Å². The third kappa shape index (κ3) is 3.58. The molecule has 0 spiro atoms. The molecule has 3 heterocycles. The van der Waals surface area contributed by atoms with Crippen molar-refractivity contribution in [2.75, 3.05) is 0 Å². The van der Waals surface area contributed by atoms with Gasteiger partial charge in [-0.05, 0) is 37.3 Å². The van der Waals surface area contributed by atoms with E-state index in [0.717, 1.165) is 21.4 Å². The summed E-state index contributed by atoms with van der Waals surface area (Å²) >= 11 is 1.55. The molecule has 4 nitrogen and oxygen atoms in total. The molecule has 0 aliphatic rings. The third-order valence-corrected chi connectivity index (χ3v) is 3.64. The van der Waals surface area contributed by atoms with Gasteiger partial charge in [-0.15, -0.1) is 0 Å². The first kappa shape index (κ1) is 13.6. The lowest BCUT2D eigenvalue weighted by molar-refractivity contribution is 0.472. The van der Waals surface area contributed by atoms with E-state index >= 15 is 0 Å². The molecule has 0 aliphatic carbocycles. The average molecular weight is 295 g/mol. The highest BCUT2D eigenvalue weighted by atomic mass is 32.2. The number of hydrogen-bond acceptors (Lipinski definition) is 5. The molecule has 21 heavy (non-hydrogen) atoms. The van der Waals surface area contributed by atoms with Crippen molar-refractivity contribution < 1.29 is 4.74 Å². The lowest BCUT2D eigenvalue weighted by Crippen LogP contribution is -1.90. The van der Waals surface area contributed by atoms with Crippen molar-refractivity contribution in [3.05, 3.63) is 66.9 Å². The van der Waals surface area contributed by atoms with Crippen LogP contribution in [-0.4, -0.2) is 15.0 Å². The van der Waals surface area contributed by atoms with Gasteiger partial charge in [-0.3, -0.25) is 9.97 Å². The molecule has 104 valence electrons. The molecule has 0 aromatic carbocycles. The van der Waals surface area contributed by atoms with Crippen molar-refractivity contribution in [1.29, 1.82) is 0 Å². The lowest BCUT2D eigenvalue weighted by atomic mass is 10.3. The van der Waals surface area contributed by atoms with Crippen molar-refractivity contribution in [2.45, 2.75) is 16.8 Å². The van der Waals surface area contributed by atoms with Gasteiger partial charge in [0.25, 0.3) is 0 Å². The molecule has 5 heteroatoms. The molecule has 0 unspecified atom stereocenters. The van der Waals surface area contributed by atoms with Gasteiger partial charge in [-0.2, -0.15) is 0 Å². The van der Waals surface area contributed by atoms with Crippen LogP contribution < -0.4 is 4.74 Å². The summed E-state index contributed by atoms with van der Waals surface area (Å²) in [5, 5.41) is 0.925. The minimum Gasteiger partial charge on any atom is -0.454 e. The molecule has 0 saturated carbocycles. The van der Waals surface area contributed by atoms with E-state index < -0.39 is 0 Å². The van der Waals surface area contributed by atoms with E-state index in [0.29, 0.717) is 5.75 Å². The maximum absolute atomic E-state index is 5.83. The Labute approximate surface area is 127 Å². The van der Waals surface area contributed by atoms with Crippen molar-refractivity contribution in [1.82, 2.24) is 15.0 Å². The Balaban J connectivity index is 1.79. The Bertz CT molecular complexity index is 734. The van der Waals surface area contributed by atoms with E-state index in [-0.39, 0.29) is 0 Å². The van der Waals surface area contributed by atoms with Crippen LogP contribution in [-0.2, 0) is 0 Å². The van der Waals surface area contributed by atoms with E-state index in [1.54, 1.807) is 36.5 Å². The molecule has 0 bridgehead atoms. The molecule has 3 aromatic heterocycles. The van der Waals surface area contributed by atoms with E-state index in [1.165, 1.54) is 0 Å². The van der Waals surface area contributed by atoms with Crippen LogP contribution in [0.4, 0.5) is 0 Å². The van der Waals surface area contributed by atoms with Gasteiger partial charge in [0, 0.05) is 23.5 Å². The van der Waals surface area contributed by atoms with Crippen LogP contribution in [0, 0.1) is 6.92 Å². The zero-order valence-corrected chi connectivity index (χ0v) is 12.2. The fourth-order valence-corrected chi connectivity index (χ4v) is 2.53. The summed E-state index contributed by atoms with van der Waals surface area (Å²) in [7, 11) is 0. The number of rotatable bonds is 4. The molecule has 0 atom stereocenters. The quantitative estimate of drug-likeness (QED) is 0.724. The summed E-state index contributed by atoms with van der Waals surface area (Å²) in [6, 6.07) is 11.5. The standard InChI is InChI=1S/C16H13N3OS/c1-12-15(5-4-8-18-12)20-13-9-14(11-17-10-13)21-16-6-2-3-7-19-16/h2-11H,1H3. The number of hydrogen-bond donors (Lipinski definition) is 0.